The minimum Gasteiger partial charge on any atom is -0.399 e. The fourth-order valence-electron chi connectivity index (χ4n) is 3.35. The van der Waals surface area contributed by atoms with Gasteiger partial charge in [-0.15, -0.1) is 0 Å². The van der Waals surface area contributed by atoms with Crippen molar-refractivity contribution in [2.24, 2.45) is 11.7 Å². The SMILES string of the molecule is CCC(C)(CCCCCCCCC(N)C(C)C)c1ccc(N)cc1. The van der Waals surface area contributed by atoms with Gasteiger partial charge in [0.15, 0.2) is 0 Å². The topological polar surface area (TPSA) is 52.0 Å². The van der Waals surface area contributed by atoms with Crippen molar-refractivity contribution in [2.75, 3.05) is 5.73 Å². The van der Waals surface area contributed by atoms with Gasteiger partial charge in [-0.3, -0.25) is 0 Å². The van der Waals surface area contributed by atoms with E-state index in [1.54, 1.807) is 0 Å². The fourth-order valence-corrected chi connectivity index (χ4v) is 3.35. The molecule has 0 bridgehead atoms. The molecule has 1 rings (SSSR count). The van der Waals surface area contributed by atoms with Crippen molar-refractivity contribution < 1.29 is 0 Å². The molecule has 2 heteroatoms. The van der Waals surface area contributed by atoms with E-state index >= 15 is 0 Å². The van der Waals surface area contributed by atoms with Crippen LogP contribution in [0.3, 0.4) is 0 Å². The summed E-state index contributed by atoms with van der Waals surface area (Å²) in [6.07, 6.45) is 11.6. The van der Waals surface area contributed by atoms with Crippen LogP contribution in [0.15, 0.2) is 24.3 Å². The molecule has 0 fully saturated rings. The molecule has 4 N–H and O–H groups in total. The van der Waals surface area contributed by atoms with E-state index in [0.29, 0.717) is 12.0 Å². The highest BCUT2D eigenvalue weighted by molar-refractivity contribution is 5.41. The third-order valence-corrected chi connectivity index (χ3v) is 5.76. The summed E-state index contributed by atoms with van der Waals surface area (Å²) in [6.45, 7) is 9.13. The Morgan fingerprint density at radius 3 is 2.00 bits per heavy atom. The lowest BCUT2D eigenvalue weighted by atomic mass is 9.76. The van der Waals surface area contributed by atoms with Crippen molar-refractivity contribution in [1.82, 2.24) is 0 Å². The Labute approximate surface area is 150 Å². The Hall–Kier alpha value is -1.02. The minimum atomic E-state index is 0.289. The summed E-state index contributed by atoms with van der Waals surface area (Å²) in [6, 6.07) is 8.86. The molecular weight excluding hydrogens is 292 g/mol. The lowest BCUT2D eigenvalue weighted by Crippen LogP contribution is -2.25. The second kappa shape index (κ2) is 10.8. The van der Waals surface area contributed by atoms with Crippen LogP contribution in [-0.4, -0.2) is 6.04 Å². The van der Waals surface area contributed by atoms with E-state index in [1.165, 1.54) is 63.4 Å². The van der Waals surface area contributed by atoms with Crippen molar-refractivity contribution in [1.29, 1.82) is 0 Å². The Morgan fingerprint density at radius 2 is 1.46 bits per heavy atom. The molecule has 0 spiro atoms. The number of anilines is 1. The number of nitrogens with two attached hydrogens (primary N) is 2. The quantitative estimate of drug-likeness (QED) is 0.362. The average Bonchev–Trinajstić information content (AvgIpc) is 2.57. The number of benzene rings is 1. The average molecular weight is 333 g/mol. The molecule has 138 valence electrons. The fraction of sp³-hybridized carbons (Fsp3) is 0.727. The summed E-state index contributed by atoms with van der Waals surface area (Å²) in [5.74, 6) is 0.616. The van der Waals surface area contributed by atoms with Crippen molar-refractivity contribution in [3.63, 3.8) is 0 Å². The predicted octanol–water partition coefficient (Wildman–Crippen LogP) is 6.04. The molecule has 1 aromatic carbocycles. The van der Waals surface area contributed by atoms with E-state index in [-0.39, 0.29) is 5.41 Å². The van der Waals surface area contributed by atoms with Crippen LogP contribution in [0.2, 0.25) is 0 Å². The lowest BCUT2D eigenvalue weighted by molar-refractivity contribution is 0.392. The van der Waals surface area contributed by atoms with Crippen molar-refractivity contribution >= 4 is 5.69 Å². The predicted molar refractivity (Wildman–Crippen MR) is 108 cm³/mol. The number of hydrogen-bond acceptors (Lipinski definition) is 2. The highest BCUT2D eigenvalue weighted by Crippen LogP contribution is 2.33. The maximum atomic E-state index is 6.10. The van der Waals surface area contributed by atoms with E-state index in [4.69, 9.17) is 11.5 Å². The van der Waals surface area contributed by atoms with Crippen LogP contribution in [0.5, 0.6) is 0 Å². The smallest absolute Gasteiger partial charge is 0.0314 e. The Kier molecular flexibility index (Phi) is 9.43. The van der Waals surface area contributed by atoms with E-state index in [0.717, 1.165) is 5.69 Å². The molecule has 0 aliphatic rings. The van der Waals surface area contributed by atoms with Gasteiger partial charge in [0, 0.05) is 11.7 Å². The Bertz CT molecular complexity index is 438. The molecular formula is C22H40N2. The molecule has 0 aliphatic heterocycles. The molecule has 0 saturated heterocycles. The Morgan fingerprint density at radius 1 is 0.917 bits per heavy atom. The van der Waals surface area contributed by atoms with E-state index in [2.05, 4.69) is 39.8 Å². The maximum Gasteiger partial charge on any atom is 0.0314 e. The van der Waals surface area contributed by atoms with Gasteiger partial charge in [-0.25, -0.2) is 0 Å². The van der Waals surface area contributed by atoms with Gasteiger partial charge < -0.3 is 11.5 Å². The molecule has 0 amide bonds. The zero-order valence-corrected chi connectivity index (χ0v) is 16.5. The molecule has 0 radical (unpaired) electrons. The summed E-state index contributed by atoms with van der Waals surface area (Å²) in [5.41, 5.74) is 14.5. The maximum absolute atomic E-state index is 6.10. The molecule has 0 saturated carbocycles. The summed E-state index contributed by atoms with van der Waals surface area (Å²) in [7, 11) is 0. The molecule has 1 aromatic rings. The highest BCUT2D eigenvalue weighted by Gasteiger charge is 2.23. The van der Waals surface area contributed by atoms with Crippen LogP contribution >= 0.6 is 0 Å². The van der Waals surface area contributed by atoms with Gasteiger partial charge in [-0.1, -0.05) is 78.4 Å². The first-order valence-corrected chi connectivity index (χ1v) is 10.0. The molecule has 24 heavy (non-hydrogen) atoms. The first-order valence-electron chi connectivity index (χ1n) is 10.0. The van der Waals surface area contributed by atoms with Gasteiger partial charge in [0.05, 0.1) is 0 Å². The van der Waals surface area contributed by atoms with Gasteiger partial charge in [-0.2, -0.15) is 0 Å². The van der Waals surface area contributed by atoms with Gasteiger partial charge in [0.2, 0.25) is 0 Å². The molecule has 0 heterocycles. The zero-order chi connectivity index (χ0) is 18.0. The van der Waals surface area contributed by atoms with Crippen molar-refractivity contribution in [3.05, 3.63) is 29.8 Å². The van der Waals surface area contributed by atoms with Crippen LogP contribution in [0.4, 0.5) is 5.69 Å². The molecule has 2 nitrogen and oxygen atoms in total. The second-order valence-corrected chi connectivity index (χ2v) is 8.10. The number of unbranched alkanes of at least 4 members (excludes halogenated alkanes) is 5. The first-order chi connectivity index (χ1) is 11.4. The normalized spacial score (nSPS) is 15.4. The monoisotopic (exact) mass is 332 g/mol. The van der Waals surface area contributed by atoms with Crippen LogP contribution < -0.4 is 11.5 Å². The largest absolute Gasteiger partial charge is 0.399 e. The second-order valence-electron chi connectivity index (χ2n) is 8.10. The molecule has 2 unspecified atom stereocenters. The van der Waals surface area contributed by atoms with Gasteiger partial charge in [0.25, 0.3) is 0 Å². The van der Waals surface area contributed by atoms with Gasteiger partial charge in [0.1, 0.15) is 0 Å². The summed E-state index contributed by atoms with van der Waals surface area (Å²) < 4.78 is 0. The highest BCUT2D eigenvalue weighted by atomic mass is 14.6. The molecule has 0 aromatic heterocycles. The van der Waals surface area contributed by atoms with Gasteiger partial charge >= 0.3 is 0 Å². The van der Waals surface area contributed by atoms with E-state index in [1.807, 2.05) is 12.1 Å². The molecule has 2 atom stereocenters. The van der Waals surface area contributed by atoms with E-state index in [9.17, 15) is 0 Å². The van der Waals surface area contributed by atoms with Crippen LogP contribution in [0.1, 0.15) is 91.0 Å². The standard InChI is InChI=1S/C22H40N2/c1-5-22(4,19-13-15-20(23)16-14-19)17-11-9-7-6-8-10-12-21(24)18(2)3/h13-16,18,21H,5-12,17,23-24H2,1-4H3. The van der Waals surface area contributed by atoms with Gasteiger partial charge in [-0.05, 0) is 48.3 Å². The third-order valence-electron chi connectivity index (χ3n) is 5.76. The number of nitrogen functional groups attached to an aromatic ring is 1. The first kappa shape index (κ1) is 21.0. The summed E-state index contributed by atoms with van der Waals surface area (Å²) in [4.78, 5) is 0. The van der Waals surface area contributed by atoms with E-state index < -0.39 is 0 Å². The summed E-state index contributed by atoms with van der Waals surface area (Å²) in [5, 5.41) is 0. The van der Waals surface area contributed by atoms with Crippen LogP contribution in [-0.2, 0) is 5.41 Å². The Balaban J connectivity index is 2.20. The minimum absolute atomic E-state index is 0.289. The zero-order valence-electron chi connectivity index (χ0n) is 16.5. The number of rotatable bonds is 12. The summed E-state index contributed by atoms with van der Waals surface area (Å²) >= 11 is 0. The number of hydrogen-bond donors (Lipinski definition) is 2. The molecule has 0 aliphatic carbocycles. The van der Waals surface area contributed by atoms with Crippen LogP contribution in [0, 0.1) is 5.92 Å². The lowest BCUT2D eigenvalue weighted by Gasteiger charge is -2.29. The third kappa shape index (κ3) is 7.25. The van der Waals surface area contributed by atoms with Crippen LogP contribution in [0.25, 0.3) is 0 Å². The van der Waals surface area contributed by atoms with Crippen molar-refractivity contribution in [2.45, 2.75) is 96.9 Å². The van der Waals surface area contributed by atoms with Crippen molar-refractivity contribution in [3.8, 4) is 0 Å².